The maximum absolute atomic E-state index is 14.8. The number of hydrogen-bond acceptors (Lipinski definition) is 4. The summed E-state index contributed by atoms with van der Waals surface area (Å²) in [7, 11) is 0. The minimum Gasteiger partial charge on any atom is -0.380 e. The second-order valence-corrected chi connectivity index (χ2v) is 8.11. The van der Waals surface area contributed by atoms with Crippen LogP contribution >= 0.6 is 0 Å². The van der Waals surface area contributed by atoms with Gasteiger partial charge in [0.25, 0.3) is 6.29 Å². The number of nitrogens with zero attached hydrogens (tertiary/aromatic N) is 1. The summed E-state index contributed by atoms with van der Waals surface area (Å²) in [6.07, 6.45) is 11.5. The zero-order valence-corrected chi connectivity index (χ0v) is 15.4. The van der Waals surface area contributed by atoms with Crippen LogP contribution in [0.1, 0.15) is 75.7 Å². The molecule has 0 radical (unpaired) electrons. The van der Waals surface area contributed by atoms with Crippen LogP contribution in [0.4, 0.5) is 10.1 Å². The van der Waals surface area contributed by atoms with Crippen LogP contribution < -0.4 is 10.7 Å². The van der Waals surface area contributed by atoms with Crippen LogP contribution in [-0.4, -0.2) is 10.6 Å². The number of aromatic nitrogens is 1. The molecule has 6 heteroatoms. The summed E-state index contributed by atoms with van der Waals surface area (Å²) in [6, 6.07) is 3.86. The molecule has 1 aromatic heterocycles. The summed E-state index contributed by atoms with van der Waals surface area (Å²) >= 11 is 0. The summed E-state index contributed by atoms with van der Waals surface area (Å²) < 4.78 is 17.0. The van der Waals surface area contributed by atoms with E-state index in [0.717, 1.165) is 31.2 Å². The van der Waals surface area contributed by atoms with Crippen molar-refractivity contribution in [1.29, 1.82) is 0 Å². The summed E-state index contributed by atoms with van der Waals surface area (Å²) in [5.74, 6) is -0.363. The minimum absolute atomic E-state index is 0.204. The third kappa shape index (κ3) is 3.25. The molecule has 2 aliphatic carbocycles. The van der Waals surface area contributed by atoms with Crippen molar-refractivity contribution in [3.63, 3.8) is 0 Å². The van der Waals surface area contributed by atoms with Gasteiger partial charge in [0, 0.05) is 23.7 Å². The molecule has 1 aromatic carbocycles. The van der Waals surface area contributed by atoms with Gasteiger partial charge in [0.15, 0.2) is 5.43 Å². The average Bonchev–Trinajstić information content (AvgIpc) is 3.38. The quantitative estimate of drug-likeness (QED) is 0.609. The molecule has 0 atom stereocenters. The standard InChI is InChI=1S/C21H25FN2O3/c22-17-10-15-19(11-18(17)23-13-6-2-1-3-7-13)24(14-8-4-5-9-14)12-16(20(15)25)21-26-27-21/h10-14,21,23H,1-9H2. The maximum Gasteiger partial charge on any atom is 0.254 e. The first kappa shape index (κ1) is 17.2. The van der Waals surface area contributed by atoms with Crippen LogP contribution in [0, 0.1) is 5.82 Å². The number of pyridine rings is 1. The largest absolute Gasteiger partial charge is 0.380 e. The predicted octanol–water partition coefficient (Wildman–Crippen LogP) is 4.96. The molecule has 2 saturated carbocycles. The fourth-order valence-corrected chi connectivity index (χ4v) is 4.75. The topological polar surface area (TPSA) is 59.1 Å². The van der Waals surface area contributed by atoms with Gasteiger partial charge in [-0.25, -0.2) is 4.39 Å². The number of nitrogens with one attached hydrogen (secondary N) is 1. The van der Waals surface area contributed by atoms with Gasteiger partial charge in [-0.1, -0.05) is 32.1 Å². The fraction of sp³-hybridized carbons (Fsp3) is 0.571. The second-order valence-electron chi connectivity index (χ2n) is 8.11. The Labute approximate surface area is 157 Å². The van der Waals surface area contributed by atoms with Gasteiger partial charge >= 0.3 is 0 Å². The number of anilines is 1. The van der Waals surface area contributed by atoms with E-state index >= 15 is 0 Å². The summed E-state index contributed by atoms with van der Waals surface area (Å²) in [5.41, 5.74) is 1.56. The Morgan fingerprint density at radius 3 is 2.41 bits per heavy atom. The third-order valence-electron chi connectivity index (χ3n) is 6.28. The van der Waals surface area contributed by atoms with E-state index in [1.807, 2.05) is 12.3 Å². The van der Waals surface area contributed by atoms with Gasteiger partial charge in [0.2, 0.25) is 0 Å². The molecule has 5 nitrogen and oxygen atoms in total. The van der Waals surface area contributed by atoms with Crippen LogP contribution in [0.2, 0.25) is 0 Å². The van der Waals surface area contributed by atoms with E-state index in [-0.39, 0.29) is 11.2 Å². The van der Waals surface area contributed by atoms with E-state index in [1.165, 1.54) is 38.2 Å². The van der Waals surface area contributed by atoms with E-state index in [1.54, 1.807) is 0 Å². The second kappa shape index (κ2) is 6.91. The number of hydrogen-bond donors (Lipinski definition) is 1. The van der Waals surface area contributed by atoms with Crippen molar-refractivity contribution in [3.05, 3.63) is 39.9 Å². The Balaban J connectivity index is 1.62. The van der Waals surface area contributed by atoms with Crippen molar-refractivity contribution in [2.45, 2.75) is 76.2 Å². The highest BCUT2D eigenvalue weighted by Crippen LogP contribution is 2.37. The van der Waals surface area contributed by atoms with E-state index in [4.69, 9.17) is 9.78 Å². The van der Waals surface area contributed by atoms with Gasteiger partial charge in [-0.15, -0.1) is 0 Å². The van der Waals surface area contributed by atoms with E-state index in [0.29, 0.717) is 28.7 Å². The van der Waals surface area contributed by atoms with Crippen LogP contribution in [0.15, 0.2) is 23.1 Å². The smallest absolute Gasteiger partial charge is 0.254 e. The molecular weight excluding hydrogens is 347 g/mol. The lowest BCUT2D eigenvalue weighted by Crippen LogP contribution is -2.23. The lowest BCUT2D eigenvalue weighted by Gasteiger charge is -2.25. The highest BCUT2D eigenvalue weighted by atomic mass is 19.1. The molecule has 0 bridgehead atoms. The van der Waals surface area contributed by atoms with Gasteiger partial charge in [-0.2, -0.15) is 9.78 Å². The predicted molar refractivity (Wildman–Crippen MR) is 101 cm³/mol. The maximum atomic E-state index is 14.8. The highest BCUT2D eigenvalue weighted by molar-refractivity contribution is 5.84. The monoisotopic (exact) mass is 372 g/mol. The number of halogens is 1. The van der Waals surface area contributed by atoms with Crippen molar-refractivity contribution in [2.75, 3.05) is 5.32 Å². The molecular formula is C21H25FN2O3. The number of fused-ring (bicyclic) bond motifs is 1. The normalized spacial score (nSPS) is 21.8. The molecule has 0 unspecified atom stereocenters. The SMILES string of the molecule is O=c1c(C2OO2)cn(C2CCCC2)c2cc(NC3CCCCC3)c(F)cc12. The lowest BCUT2D eigenvalue weighted by molar-refractivity contribution is 0.0850. The molecule has 1 N–H and O–H groups in total. The van der Waals surface area contributed by atoms with Crippen molar-refractivity contribution in [2.24, 2.45) is 0 Å². The van der Waals surface area contributed by atoms with Crippen molar-refractivity contribution in [1.82, 2.24) is 4.57 Å². The van der Waals surface area contributed by atoms with Crippen molar-refractivity contribution in [3.8, 4) is 0 Å². The number of benzene rings is 1. The minimum atomic E-state index is -0.613. The van der Waals surface area contributed by atoms with E-state index < -0.39 is 6.29 Å². The Hall–Kier alpha value is -1.92. The molecule has 0 amide bonds. The molecule has 0 spiro atoms. The third-order valence-corrected chi connectivity index (χ3v) is 6.28. The first-order chi connectivity index (χ1) is 13.2. The zero-order chi connectivity index (χ0) is 18.4. The Morgan fingerprint density at radius 1 is 1.00 bits per heavy atom. The fourth-order valence-electron chi connectivity index (χ4n) is 4.75. The van der Waals surface area contributed by atoms with Crippen LogP contribution in [0.5, 0.6) is 0 Å². The summed E-state index contributed by atoms with van der Waals surface area (Å²) in [4.78, 5) is 22.6. The number of rotatable bonds is 4. The molecule has 27 heavy (non-hydrogen) atoms. The zero-order valence-electron chi connectivity index (χ0n) is 15.4. The summed E-state index contributed by atoms with van der Waals surface area (Å²) in [5, 5.41) is 3.80. The highest BCUT2D eigenvalue weighted by Gasteiger charge is 2.33. The van der Waals surface area contributed by atoms with Crippen molar-refractivity contribution >= 4 is 16.6 Å². The van der Waals surface area contributed by atoms with Gasteiger partial charge < -0.3 is 9.88 Å². The summed E-state index contributed by atoms with van der Waals surface area (Å²) in [6.45, 7) is 0. The Kier molecular flexibility index (Phi) is 4.40. The molecule has 2 heterocycles. The van der Waals surface area contributed by atoms with Gasteiger partial charge in [0.1, 0.15) is 5.82 Å². The first-order valence-corrected chi connectivity index (χ1v) is 10.2. The van der Waals surface area contributed by atoms with Gasteiger partial charge in [0.05, 0.1) is 16.8 Å². The average molecular weight is 372 g/mol. The molecule has 3 aliphatic rings. The Morgan fingerprint density at radius 2 is 1.70 bits per heavy atom. The molecule has 5 rings (SSSR count). The molecule has 3 fully saturated rings. The van der Waals surface area contributed by atoms with Gasteiger partial charge in [-0.05, 0) is 37.8 Å². The first-order valence-electron chi connectivity index (χ1n) is 10.2. The van der Waals surface area contributed by atoms with Crippen LogP contribution in [0.25, 0.3) is 10.9 Å². The Bertz CT molecular complexity index is 910. The van der Waals surface area contributed by atoms with E-state index in [2.05, 4.69) is 9.88 Å². The van der Waals surface area contributed by atoms with Gasteiger partial charge in [-0.3, -0.25) is 4.79 Å². The van der Waals surface area contributed by atoms with Crippen LogP contribution in [-0.2, 0) is 9.78 Å². The van der Waals surface area contributed by atoms with Crippen LogP contribution in [0.3, 0.4) is 0 Å². The van der Waals surface area contributed by atoms with Crippen molar-refractivity contribution < 1.29 is 14.2 Å². The molecule has 1 aliphatic heterocycles. The molecule has 1 saturated heterocycles. The lowest BCUT2D eigenvalue weighted by atomic mass is 9.95. The molecule has 144 valence electrons. The molecule has 2 aromatic rings. The van der Waals surface area contributed by atoms with E-state index in [9.17, 15) is 9.18 Å².